The number of fused-ring (bicyclic) bond motifs is 1. The number of hydrogen-bond donors (Lipinski definition) is 0. The van der Waals surface area contributed by atoms with Crippen molar-refractivity contribution in [1.82, 2.24) is 4.57 Å². The number of halogens is 1. The van der Waals surface area contributed by atoms with Gasteiger partial charge in [-0.05, 0) is 30.3 Å². The van der Waals surface area contributed by atoms with Gasteiger partial charge in [-0.2, -0.15) is 0 Å². The first kappa shape index (κ1) is 11.4. The predicted octanol–water partition coefficient (Wildman–Crippen LogP) is 2.08. The van der Waals surface area contributed by atoms with Gasteiger partial charge in [-0.15, -0.1) is 0 Å². The minimum atomic E-state index is -0.796. The summed E-state index contributed by atoms with van der Waals surface area (Å²) < 4.78 is 19.1. The van der Waals surface area contributed by atoms with Gasteiger partial charge in [0.15, 0.2) is 0 Å². The van der Waals surface area contributed by atoms with Crippen molar-refractivity contribution in [1.29, 1.82) is 0 Å². The maximum absolute atomic E-state index is 13.2. The van der Waals surface area contributed by atoms with Gasteiger partial charge in [0.05, 0.1) is 11.1 Å². The molecule has 0 spiro atoms. The van der Waals surface area contributed by atoms with E-state index < -0.39 is 17.1 Å². The molecule has 3 aromatic rings. The van der Waals surface area contributed by atoms with Crippen LogP contribution < -0.4 is 11.3 Å². The van der Waals surface area contributed by atoms with Crippen LogP contribution in [0.15, 0.2) is 62.5 Å². The Labute approximate surface area is 106 Å². The molecule has 5 heteroatoms. The minimum absolute atomic E-state index is 0.0310. The summed E-state index contributed by atoms with van der Waals surface area (Å²) in [4.78, 5) is 24.1. The molecular formula is C14H8FNO3. The lowest BCUT2D eigenvalue weighted by molar-refractivity contribution is 0.502. The van der Waals surface area contributed by atoms with E-state index >= 15 is 0 Å². The molecular weight excluding hydrogens is 249 g/mol. The van der Waals surface area contributed by atoms with Crippen LogP contribution in [-0.2, 0) is 0 Å². The van der Waals surface area contributed by atoms with E-state index in [2.05, 4.69) is 0 Å². The molecule has 3 rings (SSSR count). The molecule has 0 saturated heterocycles. The first-order valence-corrected chi connectivity index (χ1v) is 5.58. The summed E-state index contributed by atoms with van der Waals surface area (Å²) in [7, 11) is 0. The summed E-state index contributed by atoms with van der Waals surface area (Å²) in [5.41, 5.74) is -0.145. The highest BCUT2D eigenvalue weighted by molar-refractivity contribution is 5.75. The second-order valence-corrected chi connectivity index (χ2v) is 3.98. The number of hydrogen-bond acceptors (Lipinski definition) is 3. The Bertz CT molecular complexity index is 865. The van der Waals surface area contributed by atoms with E-state index in [1.54, 1.807) is 30.3 Å². The molecule has 1 heterocycles. The molecule has 0 aliphatic rings. The Hall–Kier alpha value is -2.69. The van der Waals surface area contributed by atoms with Gasteiger partial charge in [0.25, 0.3) is 5.56 Å². The van der Waals surface area contributed by atoms with E-state index in [0.29, 0.717) is 5.69 Å². The molecule has 0 atom stereocenters. The second kappa shape index (κ2) is 4.20. The molecule has 94 valence electrons. The number of benzene rings is 2. The third-order valence-corrected chi connectivity index (χ3v) is 2.77. The van der Waals surface area contributed by atoms with Crippen molar-refractivity contribution in [2.24, 2.45) is 0 Å². The maximum Gasteiger partial charge on any atom is 0.426 e. The number of nitrogens with zero attached hydrogens (tertiary/aromatic N) is 1. The average Bonchev–Trinajstić information content (AvgIpc) is 2.41. The van der Waals surface area contributed by atoms with E-state index in [1.807, 2.05) is 0 Å². The van der Waals surface area contributed by atoms with Gasteiger partial charge < -0.3 is 4.42 Å². The fourth-order valence-electron chi connectivity index (χ4n) is 1.90. The summed E-state index contributed by atoms with van der Waals surface area (Å²) in [5, 5.41) is 0.0310. The third-order valence-electron chi connectivity index (χ3n) is 2.77. The van der Waals surface area contributed by atoms with Crippen molar-refractivity contribution in [3.63, 3.8) is 0 Å². The Kier molecular flexibility index (Phi) is 2.52. The minimum Gasteiger partial charge on any atom is -0.409 e. The molecule has 0 fully saturated rings. The Balaban J connectivity index is 2.44. The van der Waals surface area contributed by atoms with Gasteiger partial charge in [-0.25, -0.2) is 13.8 Å². The fourth-order valence-corrected chi connectivity index (χ4v) is 1.90. The Morgan fingerprint density at radius 1 is 1.00 bits per heavy atom. The van der Waals surface area contributed by atoms with Crippen LogP contribution >= 0.6 is 0 Å². The van der Waals surface area contributed by atoms with Crippen LogP contribution in [-0.4, -0.2) is 4.57 Å². The molecule has 0 bridgehead atoms. The number of para-hydroxylation sites is 1. The van der Waals surface area contributed by atoms with E-state index in [-0.39, 0.29) is 11.0 Å². The molecule has 1 aromatic heterocycles. The van der Waals surface area contributed by atoms with Crippen LogP contribution in [0, 0.1) is 5.82 Å². The molecule has 0 aliphatic heterocycles. The lowest BCUT2D eigenvalue weighted by Crippen LogP contribution is -2.30. The van der Waals surface area contributed by atoms with Gasteiger partial charge in [0.2, 0.25) is 0 Å². The highest BCUT2D eigenvalue weighted by atomic mass is 19.1. The van der Waals surface area contributed by atoms with Gasteiger partial charge >= 0.3 is 5.76 Å². The van der Waals surface area contributed by atoms with Crippen molar-refractivity contribution < 1.29 is 8.81 Å². The zero-order valence-corrected chi connectivity index (χ0v) is 9.67. The standard InChI is InChI=1S/C14H8FNO3/c15-9-6-7-12-11(8-9)13(17)16(14(18)19-12)10-4-2-1-3-5-10/h1-8H. The van der Waals surface area contributed by atoms with Crippen molar-refractivity contribution >= 4 is 11.0 Å². The van der Waals surface area contributed by atoms with Gasteiger partial charge in [-0.3, -0.25) is 4.79 Å². The van der Waals surface area contributed by atoms with Crippen LogP contribution in [0.5, 0.6) is 0 Å². The largest absolute Gasteiger partial charge is 0.426 e. The first-order chi connectivity index (χ1) is 9.16. The van der Waals surface area contributed by atoms with Crippen LogP contribution in [0.4, 0.5) is 4.39 Å². The molecule has 0 amide bonds. The molecule has 19 heavy (non-hydrogen) atoms. The lowest BCUT2D eigenvalue weighted by Gasteiger charge is -2.04. The smallest absolute Gasteiger partial charge is 0.409 e. The van der Waals surface area contributed by atoms with Crippen molar-refractivity contribution in [2.45, 2.75) is 0 Å². The normalized spacial score (nSPS) is 10.8. The third kappa shape index (κ3) is 1.85. The highest BCUT2D eigenvalue weighted by Gasteiger charge is 2.11. The van der Waals surface area contributed by atoms with E-state index in [4.69, 9.17) is 4.42 Å². The zero-order chi connectivity index (χ0) is 13.4. The van der Waals surface area contributed by atoms with E-state index in [9.17, 15) is 14.0 Å². The van der Waals surface area contributed by atoms with Gasteiger partial charge in [-0.1, -0.05) is 18.2 Å². The molecule has 0 aliphatic carbocycles. The number of rotatable bonds is 1. The molecule has 2 aromatic carbocycles. The summed E-state index contributed by atoms with van der Waals surface area (Å²) in [6.45, 7) is 0. The van der Waals surface area contributed by atoms with Crippen LogP contribution in [0.25, 0.3) is 16.7 Å². The van der Waals surface area contributed by atoms with Crippen LogP contribution in [0.3, 0.4) is 0 Å². The van der Waals surface area contributed by atoms with Crippen molar-refractivity contribution in [3.05, 3.63) is 75.3 Å². The van der Waals surface area contributed by atoms with Gasteiger partial charge in [0.1, 0.15) is 11.4 Å². The Morgan fingerprint density at radius 2 is 1.74 bits per heavy atom. The monoisotopic (exact) mass is 257 g/mol. The summed E-state index contributed by atoms with van der Waals surface area (Å²) in [6.07, 6.45) is 0. The zero-order valence-electron chi connectivity index (χ0n) is 9.67. The molecule has 0 saturated carbocycles. The lowest BCUT2D eigenvalue weighted by atomic mass is 10.2. The predicted molar refractivity (Wildman–Crippen MR) is 68.0 cm³/mol. The molecule has 0 N–H and O–H groups in total. The SMILES string of the molecule is O=c1oc2ccc(F)cc2c(=O)n1-c1ccccc1. The fraction of sp³-hybridized carbons (Fsp3) is 0. The van der Waals surface area contributed by atoms with Gasteiger partial charge in [0, 0.05) is 0 Å². The van der Waals surface area contributed by atoms with Crippen molar-refractivity contribution in [2.75, 3.05) is 0 Å². The summed E-state index contributed by atoms with van der Waals surface area (Å²) in [5.74, 6) is -1.35. The highest BCUT2D eigenvalue weighted by Crippen LogP contribution is 2.11. The average molecular weight is 257 g/mol. The van der Waals surface area contributed by atoms with E-state index in [0.717, 1.165) is 16.7 Å². The summed E-state index contributed by atoms with van der Waals surface area (Å²) in [6, 6.07) is 11.8. The maximum atomic E-state index is 13.2. The first-order valence-electron chi connectivity index (χ1n) is 5.58. The molecule has 4 nitrogen and oxygen atoms in total. The second-order valence-electron chi connectivity index (χ2n) is 3.98. The topological polar surface area (TPSA) is 52.2 Å². The molecule has 0 radical (unpaired) electrons. The van der Waals surface area contributed by atoms with E-state index in [1.165, 1.54) is 6.07 Å². The van der Waals surface area contributed by atoms with Crippen molar-refractivity contribution in [3.8, 4) is 5.69 Å². The van der Waals surface area contributed by atoms with Crippen LogP contribution in [0.2, 0.25) is 0 Å². The number of aromatic nitrogens is 1. The van der Waals surface area contributed by atoms with Crippen LogP contribution in [0.1, 0.15) is 0 Å². The Morgan fingerprint density at radius 3 is 2.47 bits per heavy atom. The summed E-state index contributed by atoms with van der Waals surface area (Å²) >= 11 is 0. The molecule has 0 unspecified atom stereocenters. The quantitative estimate of drug-likeness (QED) is 0.670.